The maximum Gasteiger partial charge on any atom is 0.472 e. The van der Waals surface area contributed by atoms with Crippen molar-refractivity contribution in [2.75, 3.05) is 19.5 Å². The van der Waals surface area contributed by atoms with Crippen molar-refractivity contribution < 1.29 is 42.9 Å². The van der Waals surface area contributed by atoms with Crippen LogP contribution < -0.4 is 10.5 Å². The molecule has 2 fully saturated rings. The first kappa shape index (κ1) is 45.5. The minimum absolute atomic E-state index is 0.123. The molecule has 0 bridgehead atoms. The molecule has 3 aromatic rings. The van der Waals surface area contributed by atoms with Crippen molar-refractivity contribution in [1.29, 1.82) is 10.5 Å². The van der Waals surface area contributed by atoms with Gasteiger partial charge >= 0.3 is 7.82 Å². The van der Waals surface area contributed by atoms with E-state index in [1.807, 2.05) is 6.07 Å². The van der Waals surface area contributed by atoms with Crippen LogP contribution in [0.25, 0.3) is 5.52 Å². The molecule has 1 aliphatic carbocycles. The molecule has 0 amide bonds. The van der Waals surface area contributed by atoms with E-state index in [9.17, 15) is 30.2 Å². The van der Waals surface area contributed by atoms with Crippen LogP contribution in [0.4, 0.5) is 5.82 Å². The zero-order chi connectivity index (χ0) is 41.6. The molecule has 1 saturated heterocycles. The van der Waals surface area contributed by atoms with Crippen molar-refractivity contribution in [1.82, 2.24) is 14.6 Å². The summed E-state index contributed by atoms with van der Waals surface area (Å²) in [7, 11) is -3.44. The summed E-state index contributed by atoms with van der Waals surface area (Å²) in [5, 5.41) is 46.3. The van der Waals surface area contributed by atoms with Crippen molar-refractivity contribution in [3.8, 4) is 17.9 Å². The molecule has 58 heavy (non-hydrogen) atoms. The summed E-state index contributed by atoms with van der Waals surface area (Å²) in [6.07, 6.45) is 17.7. The number of nitrogens with zero attached hydrogens (tertiary/aromatic N) is 5. The van der Waals surface area contributed by atoms with Crippen molar-refractivity contribution in [2.45, 2.75) is 165 Å². The number of aliphatic hydroxyl groups excluding tert-OH is 1. The number of aliphatic hydroxyl groups is 2. The molecule has 3 heterocycles. The minimum Gasteiger partial charge on any atom is -0.495 e. The van der Waals surface area contributed by atoms with Gasteiger partial charge in [0.2, 0.25) is 5.60 Å². The Balaban J connectivity index is 1.08. The number of nitrogens with two attached hydrogens (primary N) is 1. The molecular weight excluding hydrogens is 763 g/mol. The Kier molecular flexibility index (Phi) is 16.9. The lowest BCUT2D eigenvalue weighted by Crippen LogP contribution is -2.35. The molecule has 2 aliphatic rings. The number of phosphoric ester groups is 1. The highest BCUT2D eigenvalue weighted by Crippen LogP contribution is 2.68. The van der Waals surface area contributed by atoms with E-state index in [2.05, 4.69) is 23.1 Å². The molecule has 0 radical (unpaired) electrons. The Labute approximate surface area is 342 Å². The number of anilines is 1. The molecule has 318 valence electrons. The summed E-state index contributed by atoms with van der Waals surface area (Å²) in [6.45, 7) is 2.05. The maximum absolute atomic E-state index is 13.3. The molecule has 1 aliphatic heterocycles. The topological polar surface area (TPSA) is 228 Å². The van der Waals surface area contributed by atoms with Gasteiger partial charge in [0.1, 0.15) is 41.9 Å². The SMILES string of the molecule is CCCCCCCCCCCCCCCCCCC[C@H](COP(=O)(O)OC1[C@@]2(C#N)O[C@@H](c3ccc4c(N)ncnn34)[C@H](O)[C@@]12O)OCc1ccc(C#N)c(OC)c1. The first-order chi connectivity index (χ1) is 28.0. The summed E-state index contributed by atoms with van der Waals surface area (Å²) in [5.41, 5.74) is 3.27. The van der Waals surface area contributed by atoms with Crippen LogP contribution in [0.2, 0.25) is 0 Å². The van der Waals surface area contributed by atoms with Gasteiger partial charge < -0.3 is 35.1 Å². The Hall–Kier alpha value is -3.63. The van der Waals surface area contributed by atoms with Crippen molar-refractivity contribution in [2.24, 2.45) is 0 Å². The quantitative estimate of drug-likeness (QED) is 0.0405. The molecule has 0 spiro atoms. The van der Waals surface area contributed by atoms with E-state index < -0.39 is 43.4 Å². The van der Waals surface area contributed by atoms with Crippen LogP contribution in [-0.4, -0.2) is 72.9 Å². The lowest BCUT2D eigenvalue weighted by atomic mass is 10.0. The van der Waals surface area contributed by atoms with Gasteiger partial charge in [-0.15, -0.1) is 0 Å². The Bertz CT molecular complexity index is 1900. The number of hydrogen-bond donors (Lipinski definition) is 4. The molecule has 7 atom stereocenters. The predicted octanol–water partition coefficient (Wildman–Crippen LogP) is 7.76. The molecule has 2 unspecified atom stereocenters. The van der Waals surface area contributed by atoms with Gasteiger partial charge in [0.05, 0.1) is 37.7 Å². The van der Waals surface area contributed by atoms with Gasteiger partial charge in [-0.25, -0.2) is 14.1 Å². The van der Waals surface area contributed by atoms with E-state index in [0.29, 0.717) is 28.9 Å². The summed E-state index contributed by atoms with van der Waals surface area (Å²) in [4.78, 5) is 14.7. The monoisotopic (exact) mass is 824 g/mol. The van der Waals surface area contributed by atoms with Gasteiger partial charge in [0.15, 0.2) is 17.5 Å². The molecule has 1 saturated carbocycles. The molecule has 15 nitrogen and oxygen atoms in total. The van der Waals surface area contributed by atoms with Crippen LogP contribution in [-0.2, 0) is 29.7 Å². The first-order valence-electron chi connectivity index (χ1n) is 21.0. The van der Waals surface area contributed by atoms with E-state index in [1.165, 1.54) is 101 Å². The Morgan fingerprint density at radius 2 is 1.59 bits per heavy atom. The summed E-state index contributed by atoms with van der Waals surface area (Å²) in [6, 6.07) is 12.2. The standard InChI is InChI=1S/C42H61N6O9P/c1-3-4-5-6-7-8-9-10-11-12-13-14-15-16-17-18-19-20-33(54-27-31-21-22-32(26-43)36(25-31)53-2)28-55-58(51,52)57-40-41(29-44)42(40,50)38(49)37(56-41)34-23-24-35-39(45)46-30-47-48(34)35/h21-25,30,33,37-38,40,49-50H,3-20,27-28H2,1-2H3,(H,51,52)(H2,45,46,47)/t33-,37+,38+,40?,41-,42-/m1/s1. The zero-order valence-corrected chi connectivity index (χ0v) is 34.9. The van der Waals surface area contributed by atoms with Gasteiger partial charge in [0.25, 0.3) is 0 Å². The first-order valence-corrected chi connectivity index (χ1v) is 22.5. The largest absolute Gasteiger partial charge is 0.495 e. The van der Waals surface area contributed by atoms with Crippen molar-refractivity contribution in [3.63, 3.8) is 0 Å². The van der Waals surface area contributed by atoms with Crippen molar-refractivity contribution >= 4 is 19.2 Å². The van der Waals surface area contributed by atoms with Crippen LogP contribution >= 0.6 is 7.82 Å². The van der Waals surface area contributed by atoms with Gasteiger partial charge in [-0.2, -0.15) is 15.6 Å². The van der Waals surface area contributed by atoms with E-state index in [1.54, 1.807) is 30.3 Å². The molecule has 16 heteroatoms. The number of nitriles is 2. The number of unbranched alkanes of at least 4 members (excludes halogenated alkanes) is 16. The summed E-state index contributed by atoms with van der Waals surface area (Å²) in [5.74, 6) is 0.586. The molecule has 5 N–H and O–H groups in total. The molecule has 5 rings (SSSR count). The zero-order valence-electron chi connectivity index (χ0n) is 34.0. The second-order valence-corrected chi connectivity index (χ2v) is 17.0. The number of rotatable bonds is 28. The number of aromatic nitrogens is 3. The highest BCUT2D eigenvalue weighted by molar-refractivity contribution is 7.47. The van der Waals surface area contributed by atoms with Crippen molar-refractivity contribution in [3.05, 3.63) is 53.5 Å². The molecule has 1 aromatic carbocycles. The fourth-order valence-electron chi connectivity index (χ4n) is 7.97. The summed E-state index contributed by atoms with van der Waals surface area (Å²) < 4.78 is 42.8. The number of benzene rings is 1. The predicted molar refractivity (Wildman–Crippen MR) is 216 cm³/mol. The van der Waals surface area contributed by atoms with Gasteiger partial charge in [0, 0.05) is 0 Å². The third-order valence-corrected chi connectivity index (χ3v) is 12.4. The number of methoxy groups -OCH3 is 1. The second kappa shape index (κ2) is 21.6. The van der Waals surface area contributed by atoms with Gasteiger partial charge in [-0.3, -0.25) is 9.05 Å². The van der Waals surface area contributed by atoms with E-state index >= 15 is 0 Å². The van der Waals surface area contributed by atoms with Crippen LogP contribution in [0.15, 0.2) is 36.7 Å². The van der Waals surface area contributed by atoms with E-state index in [0.717, 1.165) is 31.2 Å². The number of phosphoric acid groups is 1. The smallest absolute Gasteiger partial charge is 0.472 e. The van der Waals surface area contributed by atoms with E-state index in [4.69, 9.17) is 29.0 Å². The summed E-state index contributed by atoms with van der Waals surface area (Å²) >= 11 is 0. The molecular formula is C42H61N6O9P. The number of fused-ring (bicyclic) bond motifs is 2. The number of ether oxygens (including phenoxy) is 3. The van der Waals surface area contributed by atoms with Crippen LogP contribution in [0.1, 0.15) is 145 Å². The lowest BCUT2D eigenvalue weighted by molar-refractivity contribution is -0.0769. The highest BCUT2D eigenvalue weighted by atomic mass is 31.2. The van der Waals surface area contributed by atoms with Crippen LogP contribution in [0, 0.1) is 22.7 Å². The third kappa shape index (κ3) is 10.9. The van der Waals surface area contributed by atoms with E-state index in [-0.39, 0.29) is 19.0 Å². The lowest BCUT2D eigenvalue weighted by Gasteiger charge is -2.24. The normalized spacial score (nSPS) is 23.9. The highest BCUT2D eigenvalue weighted by Gasteiger charge is 2.90. The maximum atomic E-state index is 13.3. The second-order valence-electron chi connectivity index (χ2n) is 15.6. The van der Waals surface area contributed by atoms with Gasteiger partial charge in [-0.1, -0.05) is 122 Å². The third-order valence-electron chi connectivity index (χ3n) is 11.5. The average molecular weight is 825 g/mol. The average Bonchev–Trinajstić information content (AvgIpc) is 3.44. The van der Waals surface area contributed by atoms with Gasteiger partial charge in [-0.05, 0) is 36.2 Å². The fraction of sp³-hybridized carbons (Fsp3) is 0.667. The minimum atomic E-state index is -4.92. The number of nitrogen functional groups attached to an aromatic ring is 1. The Morgan fingerprint density at radius 3 is 2.16 bits per heavy atom. The van der Waals surface area contributed by atoms with Crippen LogP contribution in [0.3, 0.4) is 0 Å². The number of hydrogen-bond acceptors (Lipinski definition) is 13. The molecule has 2 aromatic heterocycles. The fourth-order valence-corrected chi connectivity index (χ4v) is 8.96. The van der Waals surface area contributed by atoms with Crippen LogP contribution in [0.5, 0.6) is 5.75 Å². The Morgan fingerprint density at radius 1 is 0.966 bits per heavy atom.